The molecule has 0 aliphatic rings. The predicted molar refractivity (Wildman–Crippen MR) is 91.7 cm³/mol. The molecule has 0 saturated carbocycles. The van der Waals surface area contributed by atoms with Crippen LogP contribution in [0.25, 0.3) is 0 Å². The molecule has 0 spiro atoms. The Balaban J connectivity index is 2.39. The maximum atomic E-state index is 12.0. The highest BCUT2D eigenvalue weighted by Gasteiger charge is 2.16. The van der Waals surface area contributed by atoms with Crippen molar-refractivity contribution in [2.45, 2.75) is 52.6 Å². The molecule has 0 heterocycles. The number of carbonyl (C=O) groups excluding carboxylic acids is 2. The van der Waals surface area contributed by atoms with Gasteiger partial charge in [0.2, 0.25) is 0 Å². The van der Waals surface area contributed by atoms with E-state index in [2.05, 4.69) is 31.4 Å². The second-order valence-corrected chi connectivity index (χ2v) is 7.51. The summed E-state index contributed by atoms with van der Waals surface area (Å²) in [6.45, 7) is 12.5. The first kappa shape index (κ1) is 19.0. The van der Waals surface area contributed by atoms with E-state index in [0.29, 0.717) is 18.7 Å². The van der Waals surface area contributed by atoms with Crippen molar-refractivity contribution in [2.75, 3.05) is 13.1 Å². The number of hydrogen-bond acceptors (Lipinski definition) is 3. The maximum Gasteiger partial charge on any atom is 0.407 e. The Morgan fingerprint density at radius 1 is 0.913 bits per heavy atom. The van der Waals surface area contributed by atoms with Gasteiger partial charge in [-0.25, -0.2) is 4.79 Å². The van der Waals surface area contributed by atoms with E-state index in [1.807, 2.05) is 24.3 Å². The number of nitrogens with one attached hydrogen (secondary N) is 2. The van der Waals surface area contributed by atoms with Crippen LogP contribution >= 0.6 is 0 Å². The summed E-state index contributed by atoms with van der Waals surface area (Å²) in [6.07, 6.45) is -0.485. The van der Waals surface area contributed by atoms with E-state index < -0.39 is 11.7 Å². The fourth-order valence-corrected chi connectivity index (χ4v) is 1.88. The number of ether oxygens (including phenoxy) is 1. The molecule has 128 valence electrons. The Kier molecular flexibility index (Phi) is 6.19. The third-order valence-corrected chi connectivity index (χ3v) is 3.09. The molecule has 2 amide bonds. The predicted octanol–water partition coefficient (Wildman–Crippen LogP) is 3.24. The van der Waals surface area contributed by atoms with Gasteiger partial charge < -0.3 is 15.4 Å². The number of rotatable bonds is 4. The van der Waals surface area contributed by atoms with Gasteiger partial charge in [-0.15, -0.1) is 0 Å². The van der Waals surface area contributed by atoms with Crippen LogP contribution in [0.3, 0.4) is 0 Å². The van der Waals surface area contributed by atoms with Crippen molar-refractivity contribution in [1.82, 2.24) is 10.6 Å². The standard InChI is InChI=1S/C18H28N2O3/c1-17(2,3)14-9-7-13(8-10-14)15(21)19-11-12-20-16(22)23-18(4,5)6/h7-10H,11-12H2,1-6H3,(H,19,21)(H,20,22). The fourth-order valence-electron chi connectivity index (χ4n) is 1.88. The van der Waals surface area contributed by atoms with Crippen LogP contribution in [-0.4, -0.2) is 30.7 Å². The molecule has 0 bridgehead atoms. The maximum absolute atomic E-state index is 12.0. The van der Waals surface area contributed by atoms with E-state index >= 15 is 0 Å². The highest BCUT2D eigenvalue weighted by molar-refractivity contribution is 5.94. The largest absolute Gasteiger partial charge is 0.444 e. The molecule has 5 heteroatoms. The summed E-state index contributed by atoms with van der Waals surface area (Å²) < 4.78 is 5.11. The molecule has 0 unspecified atom stereocenters. The lowest BCUT2D eigenvalue weighted by molar-refractivity contribution is 0.0526. The average molecular weight is 320 g/mol. The van der Waals surface area contributed by atoms with Gasteiger partial charge in [-0.3, -0.25) is 4.79 Å². The van der Waals surface area contributed by atoms with Gasteiger partial charge in [-0.1, -0.05) is 32.9 Å². The third kappa shape index (κ3) is 7.17. The van der Waals surface area contributed by atoms with Gasteiger partial charge in [0.05, 0.1) is 0 Å². The van der Waals surface area contributed by atoms with E-state index in [4.69, 9.17) is 4.74 Å². The van der Waals surface area contributed by atoms with Gasteiger partial charge in [0.1, 0.15) is 5.60 Å². The minimum atomic E-state index is -0.526. The summed E-state index contributed by atoms with van der Waals surface area (Å²) in [7, 11) is 0. The van der Waals surface area contributed by atoms with Crippen LogP contribution in [0.1, 0.15) is 57.5 Å². The molecule has 1 aromatic rings. The molecule has 5 nitrogen and oxygen atoms in total. The minimum absolute atomic E-state index is 0.0618. The summed E-state index contributed by atoms with van der Waals surface area (Å²) >= 11 is 0. The van der Waals surface area contributed by atoms with Gasteiger partial charge in [-0.2, -0.15) is 0 Å². The van der Waals surface area contributed by atoms with Crippen LogP contribution in [0.2, 0.25) is 0 Å². The second-order valence-electron chi connectivity index (χ2n) is 7.51. The lowest BCUT2D eigenvalue weighted by atomic mass is 9.87. The third-order valence-electron chi connectivity index (χ3n) is 3.09. The van der Waals surface area contributed by atoms with Gasteiger partial charge in [-0.05, 0) is 43.9 Å². The molecule has 1 rings (SSSR count). The second kappa shape index (κ2) is 7.49. The zero-order chi connectivity index (χ0) is 17.7. The molecule has 0 aliphatic heterocycles. The first-order valence-corrected chi connectivity index (χ1v) is 7.84. The van der Waals surface area contributed by atoms with Gasteiger partial charge in [0.15, 0.2) is 0 Å². The van der Waals surface area contributed by atoms with E-state index in [0.717, 1.165) is 0 Å². The van der Waals surface area contributed by atoms with Crippen molar-refractivity contribution < 1.29 is 14.3 Å². The molecule has 0 aliphatic carbocycles. The molecule has 0 atom stereocenters. The van der Waals surface area contributed by atoms with Crippen LogP contribution in [0.15, 0.2) is 24.3 Å². The number of amides is 2. The molecular formula is C18H28N2O3. The topological polar surface area (TPSA) is 67.4 Å². The van der Waals surface area contributed by atoms with Gasteiger partial charge >= 0.3 is 6.09 Å². The fraction of sp³-hybridized carbons (Fsp3) is 0.556. The SMILES string of the molecule is CC(C)(C)OC(=O)NCCNC(=O)c1ccc(C(C)(C)C)cc1. The lowest BCUT2D eigenvalue weighted by Crippen LogP contribution is -2.37. The summed E-state index contributed by atoms with van der Waals surface area (Å²) in [5, 5.41) is 5.37. The normalized spacial score (nSPS) is 11.7. The van der Waals surface area contributed by atoms with Crippen LogP contribution < -0.4 is 10.6 Å². The van der Waals surface area contributed by atoms with Crippen molar-refractivity contribution in [2.24, 2.45) is 0 Å². The first-order chi connectivity index (χ1) is 10.5. The Labute approximate surface area is 138 Å². The molecule has 0 radical (unpaired) electrons. The number of alkyl carbamates (subject to hydrolysis) is 1. The highest BCUT2D eigenvalue weighted by atomic mass is 16.6. The van der Waals surface area contributed by atoms with E-state index in [9.17, 15) is 9.59 Å². The number of carbonyl (C=O) groups is 2. The van der Waals surface area contributed by atoms with E-state index in [1.54, 1.807) is 20.8 Å². The van der Waals surface area contributed by atoms with Gasteiger partial charge in [0.25, 0.3) is 5.91 Å². The summed E-state index contributed by atoms with van der Waals surface area (Å²) in [5.41, 5.74) is 1.32. The van der Waals surface area contributed by atoms with Crippen molar-refractivity contribution in [3.05, 3.63) is 35.4 Å². The highest BCUT2D eigenvalue weighted by Crippen LogP contribution is 2.22. The quantitative estimate of drug-likeness (QED) is 0.837. The Morgan fingerprint density at radius 2 is 1.43 bits per heavy atom. The van der Waals surface area contributed by atoms with Crippen molar-refractivity contribution in [3.63, 3.8) is 0 Å². The molecular weight excluding hydrogens is 292 g/mol. The van der Waals surface area contributed by atoms with Crippen LogP contribution in [-0.2, 0) is 10.2 Å². The smallest absolute Gasteiger partial charge is 0.407 e. The Bertz CT molecular complexity index is 537. The average Bonchev–Trinajstić information content (AvgIpc) is 2.40. The Hall–Kier alpha value is -2.04. The zero-order valence-electron chi connectivity index (χ0n) is 14.9. The van der Waals surface area contributed by atoms with Crippen molar-refractivity contribution in [1.29, 1.82) is 0 Å². The zero-order valence-corrected chi connectivity index (χ0v) is 14.9. The van der Waals surface area contributed by atoms with E-state index in [-0.39, 0.29) is 11.3 Å². The van der Waals surface area contributed by atoms with E-state index in [1.165, 1.54) is 5.56 Å². The summed E-state index contributed by atoms with van der Waals surface area (Å²) in [4.78, 5) is 23.5. The molecule has 0 aromatic heterocycles. The lowest BCUT2D eigenvalue weighted by Gasteiger charge is -2.20. The molecule has 0 fully saturated rings. The van der Waals surface area contributed by atoms with Gasteiger partial charge in [0, 0.05) is 18.7 Å². The summed E-state index contributed by atoms with van der Waals surface area (Å²) in [6, 6.07) is 7.57. The molecule has 23 heavy (non-hydrogen) atoms. The molecule has 0 saturated heterocycles. The monoisotopic (exact) mass is 320 g/mol. The number of benzene rings is 1. The minimum Gasteiger partial charge on any atom is -0.444 e. The molecule has 2 N–H and O–H groups in total. The van der Waals surface area contributed by atoms with Crippen LogP contribution in [0.5, 0.6) is 0 Å². The number of hydrogen-bond donors (Lipinski definition) is 2. The van der Waals surface area contributed by atoms with Crippen molar-refractivity contribution in [3.8, 4) is 0 Å². The summed E-state index contributed by atoms with van der Waals surface area (Å²) in [5.74, 6) is -0.156. The van der Waals surface area contributed by atoms with Crippen LogP contribution in [0, 0.1) is 0 Å². The van der Waals surface area contributed by atoms with Crippen molar-refractivity contribution >= 4 is 12.0 Å². The Morgan fingerprint density at radius 3 is 1.91 bits per heavy atom. The van der Waals surface area contributed by atoms with Crippen LogP contribution in [0.4, 0.5) is 4.79 Å². The molecule has 1 aromatic carbocycles. The first-order valence-electron chi connectivity index (χ1n) is 7.84.